The Morgan fingerprint density at radius 3 is 2.59 bits per heavy atom. The van der Waals surface area contributed by atoms with Gasteiger partial charge in [0.15, 0.2) is 5.78 Å². The highest BCUT2D eigenvalue weighted by Crippen LogP contribution is 2.27. The number of hydrogen-bond donors (Lipinski definition) is 2. The molecule has 0 spiro atoms. The minimum atomic E-state index is -0.854. The van der Waals surface area contributed by atoms with E-state index in [-0.39, 0.29) is 24.8 Å². The first-order valence-electron chi connectivity index (χ1n) is 10.7. The van der Waals surface area contributed by atoms with Crippen LogP contribution in [0, 0.1) is 5.92 Å². The van der Waals surface area contributed by atoms with Gasteiger partial charge in [0.1, 0.15) is 18.7 Å². The number of nitrogens with one attached hydrogen (secondary N) is 2. The molecular formula is C20H32FN3O5. The second-order valence-electron chi connectivity index (χ2n) is 8.12. The molecule has 0 aromatic heterocycles. The maximum absolute atomic E-state index is 13.0. The monoisotopic (exact) mass is 413 g/mol. The Morgan fingerprint density at radius 1 is 1.17 bits per heavy atom. The molecule has 2 N–H and O–H groups in total. The molecule has 2 aliphatic heterocycles. The number of Topliss-reactive ketones (excluding diaryl/α,β-unsaturated/α-hetero) is 1. The fourth-order valence-electron chi connectivity index (χ4n) is 4.36. The molecular weight excluding hydrogens is 381 g/mol. The van der Waals surface area contributed by atoms with Crippen LogP contribution in [0.4, 0.5) is 9.18 Å². The summed E-state index contributed by atoms with van der Waals surface area (Å²) in [4.78, 5) is 39.4. The van der Waals surface area contributed by atoms with E-state index in [9.17, 15) is 18.8 Å². The summed E-state index contributed by atoms with van der Waals surface area (Å²) in [5.41, 5.74) is 0. The molecule has 3 atom stereocenters. The molecule has 0 aromatic carbocycles. The Hall–Kier alpha value is -1.74. The maximum atomic E-state index is 13.0. The van der Waals surface area contributed by atoms with E-state index in [1.165, 1.54) is 6.42 Å². The van der Waals surface area contributed by atoms with Crippen LogP contribution in [0.1, 0.15) is 44.9 Å². The smallest absolute Gasteiger partial charge is 0.318 e. The summed E-state index contributed by atoms with van der Waals surface area (Å²) in [7, 11) is 0. The Kier molecular flexibility index (Phi) is 8.23. The average molecular weight is 413 g/mol. The number of morpholine rings is 1. The van der Waals surface area contributed by atoms with Gasteiger partial charge < -0.3 is 25.0 Å². The van der Waals surface area contributed by atoms with Crippen molar-refractivity contribution in [3.63, 3.8) is 0 Å². The maximum Gasteiger partial charge on any atom is 0.318 e. The minimum Gasteiger partial charge on any atom is -0.378 e. The van der Waals surface area contributed by atoms with Crippen molar-refractivity contribution in [2.24, 2.45) is 5.92 Å². The lowest BCUT2D eigenvalue weighted by Crippen LogP contribution is -2.57. The van der Waals surface area contributed by atoms with Gasteiger partial charge in [0.2, 0.25) is 5.91 Å². The molecule has 164 valence electrons. The first-order chi connectivity index (χ1) is 14.1. The van der Waals surface area contributed by atoms with E-state index in [2.05, 4.69) is 10.6 Å². The molecule has 3 amide bonds. The van der Waals surface area contributed by atoms with Gasteiger partial charge in [-0.15, -0.1) is 0 Å². The van der Waals surface area contributed by atoms with Gasteiger partial charge in [0.25, 0.3) is 0 Å². The van der Waals surface area contributed by atoms with Gasteiger partial charge >= 0.3 is 6.03 Å². The van der Waals surface area contributed by atoms with Crippen LogP contribution in [-0.4, -0.2) is 80.4 Å². The van der Waals surface area contributed by atoms with Gasteiger partial charge in [0.05, 0.1) is 26.0 Å². The zero-order valence-corrected chi connectivity index (χ0v) is 16.9. The summed E-state index contributed by atoms with van der Waals surface area (Å²) in [5.74, 6) is -0.292. The van der Waals surface area contributed by atoms with Gasteiger partial charge in [-0.3, -0.25) is 14.0 Å². The molecule has 3 fully saturated rings. The first kappa shape index (κ1) is 22.0. The number of ketones is 1. The Labute approximate surface area is 170 Å². The molecule has 9 heteroatoms. The van der Waals surface area contributed by atoms with Gasteiger partial charge in [-0.05, 0) is 12.3 Å². The van der Waals surface area contributed by atoms with Crippen molar-refractivity contribution in [1.29, 1.82) is 0 Å². The highest BCUT2D eigenvalue weighted by molar-refractivity contribution is 5.94. The standard InChI is InChI=1S/C20H32FN3O5/c21-7-6-17-18(16(25)13-29-17)23-19(26)15(12-14-4-2-1-3-5-14)22-20(27)24-8-10-28-11-9-24/h14-15,17-18H,1-13H2,(H,22,27)(H,23,26)/t15-,17-,18+/m0/s1. The van der Waals surface area contributed by atoms with Crippen molar-refractivity contribution < 1.29 is 28.2 Å². The number of alkyl halides is 1. The van der Waals surface area contributed by atoms with Crippen LogP contribution >= 0.6 is 0 Å². The molecule has 0 bridgehead atoms. The van der Waals surface area contributed by atoms with E-state index in [1.807, 2.05) is 0 Å². The van der Waals surface area contributed by atoms with Crippen LogP contribution in [0.15, 0.2) is 0 Å². The SMILES string of the molecule is O=C(N[C@@H]1C(=O)CO[C@H]1CCF)[C@H](CC1CCCCC1)NC(=O)N1CCOCC1. The van der Waals surface area contributed by atoms with E-state index in [1.54, 1.807) is 4.90 Å². The molecule has 29 heavy (non-hydrogen) atoms. The third kappa shape index (κ3) is 6.12. The summed E-state index contributed by atoms with van der Waals surface area (Å²) in [6.45, 7) is 1.18. The number of amides is 3. The van der Waals surface area contributed by atoms with Crippen molar-refractivity contribution in [3.05, 3.63) is 0 Å². The molecule has 8 nitrogen and oxygen atoms in total. The Morgan fingerprint density at radius 2 is 1.90 bits per heavy atom. The molecule has 1 aliphatic carbocycles. The van der Waals surface area contributed by atoms with E-state index >= 15 is 0 Å². The van der Waals surface area contributed by atoms with E-state index in [0.29, 0.717) is 38.6 Å². The zero-order chi connectivity index (χ0) is 20.6. The molecule has 2 heterocycles. The fraction of sp³-hybridized carbons (Fsp3) is 0.850. The molecule has 3 aliphatic rings. The first-order valence-corrected chi connectivity index (χ1v) is 10.7. The van der Waals surface area contributed by atoms with Gasteiger partial charge in [-0.1, -0.05) is 32.1 Å². The predicted octanol–water partition coefficient (Wildman–Crippen LogP) is 1.18. The summed E-state index contributed by atoms with van der Waals surface area (Å²) in [6.07, 6.45) is 5.48. The molecule has 1 saturated carbocycles. The third-order valence-corrected chi connectivity index (χ3v) is 6.06. The normalized spacial score (nSPS) is 26.9. The van der Waals surface area contributed by atoms with Crippen LogP contribution in [0.5, 0.6) is 0 Å². The number of hydrogen-bond acceptors (Lipinski definition) is 5. The van der Waals surface area contributed by atoms with E-state index in [0.717, 1.165) is 25.7 Å². The number of nitrogens with zero attached hydrogens (tertiary/aromatic N) is 1. The summed E-state index contributed by atoms with van der Waals surface area (Å²) >= 11 is 0. The molecule has 0 unspecified atom stereocenters. The minimum absolute atomic E-state index is 0.0596. The Balaban J connectivity index is 1.64. The van der Waals surface area contributed by atoms with E-state index in [4.69, 9.17) is 9.47 Å². The van der Waals surface area contributed by atoms with Crippen LogP contribution in [0.2, 0.25) is 0 Å². The van der Waals surface area contributed by atoms with Crippen LogP contribution < -0.4 is 10.6 Å². The summed E-state index contributed by atoms with van der Waals surface area (Å²) < 4.78 is 23.3. The topological polar surface area (TPSA) is 97.0 Å². The second-order valence-corrected chi connectivity index (χ2v) is 8.12. The largest absolute Gasteiger partial charge is 0.378 e. The fourth-order valence-corrected chi connectivity index (χ4v) is 4.36. The van der Waals surface area contributed by atoms with Gasteiger partial charge in [-0.2, -0.15) is 0 Å². The quantitative estimate of drug-likeness (QED) is 0.653. The molecule has 2 saturated heterocycles. The lowest BCUT2D eigenvalue weighted by atomic mass is 9.84. The number of rotatable bonds is 7. The number of halogens is 1. The number of carbonyl (C=O) groups excluding carboxylic acids is 3. The third-order valence-electron chi connectivity index (χ3n) is 6.06. The van der Waals surface area contributed by atoms with E-state index < -0.39 is 30.8 Å². The molecule has 0 radical (unpaired) electrons. The Bertz CT molecular complexity index is 578. The highest BCUT2D eigenvalue weighted by atomic mass is 19.1. The van der Waals surface area contributed by atoms with Crippen molar-refractivity contribution in [2.45, 2.75) is 63.1 Å². The van der Waals surface area contributed by atoms with Crippen LogP contribution in [-0.2, 0) is 19.1 Å². The van der Waals surface area contributed by atoms with Crippen LogP contribution in [0.3, 0.4) is 0 Å². The highest BCUT2D eigenvalue weighted by Gasteiger charge is 2.38. The zero-order valence-electron chi connectivity index (χ0n) is 16.9. The van der Waals surface area contributed by atoms with Crippen molar-refractivity contribution in [1.82, 2.24) is 15.5 Å². The van der Waals surface area contributed by atoms with Crippen molar-refractivity contribution >= 4 is 17.7 Å². The molecule has 0 aromatic rings. The summed E-state index contributed by atoms with van der Waals surface area (Å²) in [6, 6.07) is -1.88. The number of carbonyl (C=O) groups is 3. The van der Waals surface area contributed by atoms with Gasteiger partial charge in [0, 0.05) is 19.5 Å². The van der Waals surface area contributed by atoms with Crippen molar-refractivity contribution in [2.75, 3.05) is 39.6 Å². The average Bonchev–Trinajstić information content (AvgIpc) is 3.08. The summed E-state index contributed by atoms with van der Waals surface area (Å²) in [5, 5.41) is 5.59. The van der Waals surface area contributed by atoms with Crippen LogP contribution in [0.25, 0.3) is 0 Å². The second kappa shape index (κ2) is 10.9. The predicted molar refractivity (Wildman–Crippen MR) is 103 cm³/mol. The molecule has 3 rings (SSSR count). The number of ether oxygens (including phenoxy) is 2. The lowest BCUT2D eigenvalue weighted by Gasteiger charge is -2.31. The van der Waals surface area contributed by atoms with Gasteiger partial charge in [-0.25, -0.2) is 4.79 Å². The lowest BCUT2D eigenvalue weighted by molar-refractivity contribution is -0.128. The number of urea groups is 1. The van der Waals surface area contributed by atoms with Crippen molar-refractivity contribution in [3.8, 4) is 0 Å².